The van der Waals surface area contributed by atoms with Crippen molar-refractivity contribution >= 4 is 11.5 Å². The molecule has 7 heteroatoms. The minimum absolute atomic E-state index is 0.147. The number of hydrogen-bond acceptors (Lipinski definition) is 6. The molecule has 2 aliphatic heterocycles. The fourth-order valence-corrected chi connectivity index (χ4v) is 4.79. The molecule has 186 valence electrons. The Morgan fingerprint density at radius 1 is 0.784 bits per heavy atom. The lowest BCUT2D eigenvalue weighted by molar-refractivity contribution is 0.0572. The van der Waals surface area contributed by atoms with Crippen LogP contribution in [0.4, 0.5) is 11.5 Å². The van der Waals surface area contributed by atoms with Crippen molar-refractivity contribution in [3.05, 3.63) is 119 Å². The molecule has 0 N–H and O–H groups in total. The zero-order valence-electron chi connectivity index (χ0n) is 20.4. The van der Waals surface area contributed by atoms with Crippen LogP contribution in [0, 0.1) is 0 Å². The van der Waals surface area contributed by atoms with Gasteiger partial charge in [0.25, 0.3) is 5.56 Å². The third-order valence-corrected chi connectivity index (χ3v) is 6.61. The van der Waals surface area contributed by atoms with E-state index in [0.717, 1.165) is 16.9 Å². The highest BCUT2D eigenvalue weighted by molar-refractivity contribution is 5.63. The highest BCUT2D eigenvalue weighted by Gasteiger charge is 2.31. The van der Waals surface area contributed by atoms with Crippen LogP contribution in [0.5, 0.6) is 0 Å². The van der Waals surface area contributed by atoms with Crippen molar-refractivity contribution in [2.75, 3.05) is 42.8 Å². The van der Waals surface area contributed by atoms with Gasteiger partial charge < -0.3 is 9.64 Å². The van der Waals surface area contributed by atoms with Gasteiger partial charge in [0.05, 0.1) is 36.7 Å². The van der Waals surface area contributed by atoms with Crippen molar-refractivity contribution in [3.8, 4) is 17.1 Å². The zero-order valence-corrected chi connectivity index (χ0v) is 20.4. The summed E-state index contributed by atoms with van der Waals surface area (Å²) in [5, 5.41) is 1.82. The third kappa shape index (κ3) is 4.67. The van der Waals surface area contributed by atoms with Crippen LogP contribution >= 0.6 is 0 Å². The van der Waals surface area contributed by atoms with Crippen molar-refractivity contribution in [2.45, 2.75) is 6.10 Å². The van der Waals surface area contributed by atoms with Crippen molar-refractivity contribution in [1.82, 2.24) is 9.55 Å². The fourth-order valence-electron chi connectivity index (χ4n) is 4.79. The Morgan fingerprint density at radius 3 is 2.08 bits per heavy atom. The van der Waals surface area contributed by atoms with Crippen LogP contribution in [-0.2, 0) is 9.57 Å². The molecule has 7 nitrogen and oxygen atoms in total. The van der Waals surface area contributed by atoms with Gasteiger partial charge in [0, 0.05) is 18.7 Å². The lowest BCUT2D eigenvalue weighted by Gasteiger charge is -2.34. The molecule has 0 amide bonds. The van der Waals surface area contributed by atoms with E-state index in [4.69, 9.17) is 14.6 Å². The van der Waals surface area contributed by atoms with E-state index >= 15 is 0 Å². The summed E-state index contributed by atoms with van der Waals surface area (Å²) < 4.78 is 7.32. The molecule has 6 rings (SSSR count). The number of anilines is 2. The zero-order chi connectivity index (χ0) is 25.0. The first-order valence-corrected chi connectivity index (χ1v) is 12.6. The van der Waals surface area contributed by atoms with Gasteiger partial charge in [-0.2, -0.15) is 0 Å². The molecule has 3 aromatic carbocycles. The van der Waals surface area contributed by atoms with Crippen LogP contribution in [0.15, 0.2) is 108 Å². The molecule has 0 radical (unpaired) electrons. The SMILES string of the molecule is O=c1c(C2C=CCN(c3ccccc3)O2)c(N2CCOCC2)nc(-c2ccccc2)n1-c1ccccc1. The summed E-state index contributed by atoms with van der Waals surface area (Å²) in [4.78, 5) is 28.3. The molecule has 1 unspecified atom stereocenters. The third-order valence-electron chi connectivity index (χ3n) is 6.61. The van der Waals surface area contributed by atoms with Gasteiger partial charge in [-0.15, -0.1) is 0 Å². The molecule has 1 atom stereocenters. The van der Waals surface area contributed by atoms with Crippen molar-refractivity contribution in [3.63, 3.8) is 0 Å². The highest BCUT2D eigenvalue weighted by Crippen LogP contribution is 2.33. The minimum atomic E-state index is -0.591. The topological polar surface area (TPSA) is 59.8 Å². The fraction of sp³-hybridized carbons (Fsp3) is 0.200. The van der Waals surface area contributed by atoms with Gasteiger partial charge in [0.1, 0.15) is 17.7 Å². The van der Waals surface area contributed by atoms with Crippen LogP contribution in [0.3, 0.4) is 0 Å². The van der Waals surface area contributed by atoms with E-state index in [-0.39, 0.29) is 5.56 Å². The van der Waals surface area contributed by atoms with Gasteiger partial charge in [-0.3, -0.25) is 14.2 Å². The first-order valence-electron chi connectivity index (χ1n) is 12.6. The Hall–Kier alpha value is -4.20. The molecule has 37 heavy (non-hydrogen) atoms. The number of hydroxylamine groups is 1. The molecule has 2 aliphatic rings. The van der Waals surface area contributed by atoms with E-state index in [1.807, 2.05) is 108 Å². The van der Waals surface area contributed by atoms with Crippen LogP contribution in [-0.4, -0.2) is 42.4 Å². The number of morpholine rings is 1. The molecule has 0 aliphatic carbocycles. The van der Waals surface area contributed by atoms with E-state index in [2.05, 4.69) is 4.90 Å². The monoisotopic (exact) mass is 492 g/mol. The largest absolute Gasteiger partial charge is 0.378 e. The number of para-hydroxylation sites is 2. The number of ether oxygens (including phenoxy) is 1. The van der Waals surface area contributed by atoms with Gasteiger partial charge >= 0.3 is 0 Å². The van der Waals surface area contributed by atoms with E-state index < -0.39 is 6.10 Å². The Labute approximate surface area is 215 Å². The first-order chi connectivity index (χ1) is 18.3. The number of aromatic nitrogens is 2. The average molecular weight is 493 g/mol. The summed E-state index contributed by atoms with van der Waals surface area (Å²) in [6.45, 7) is 3.07. The second-order valence-electron chi connectivity index (χ2n) is 8.97. The quantitative estimate of drug-likeness (QED) is 0.374. The minimum Gasteiger partial charge on any atom is -0.378 e. The molecular formula is C30H28N4O3. The summed E-state index contributed by atoms with van der Waals surface area (Å²) >= 11 is 0. The highest BCUT2D eigenvalue weighted by atomic mass is 16.7. The van der Waals surface area contributed by atoms with Crippen LogP contribution in [0.2, 0.25) is 0 Å². The molecule has 0 spiro atoms. The Morgan fingerprint density at radius 2 is 1.41 bits per heavy atom. The van der Waals surface area contributed by atoms with Crippen molar-refractivity contribution in [1.29, 1.82) is 0 Å². The predicted molar refractivity (Wildman–Crippen MR) is 145 cm³/mol. The molecular weight excluding hydrogens is 464 g/mol. The maximum atomic E-state index is 14.5. The summed E-state index contributed by atoms with van der Waals surface area (Å²) in [7, 11) is 0. The van der Waals surface area contributed by atoms with Gasteiger partial charge in [0.15, 0.2) is 0 Å². The number of rotatable bonds is 5. The second kappa shape index (κ2) is 10.4. The molecule has 0 bridgehead atoms. The normalized spacial score (nSPS) is 17.7. The van der Waals surface area contributed by atoms with Gasteiger partial charge in [-0.25, -0.2) is 10.0 Å². The van der Waals surface area contributed by atoms with E-state index in [1.54, 1.807) is 4.57 Å². The van der Waals surface area contributed by atoms with Crippen molar-refractivity contribution in [2.24, 2.45) is 0 Å². The van der Waals surface area contributed by atoms with Crippen molar-refractivity contribution < 1.29 is 9.57 Å². The maximum Gasteiger partial charge on any atom is 0.266 e. The summed E-state index contributed by atoms with van der Waals surface area (Å²) in [6, 6.07) is 29.4. The van der Waals surface area contributed by atoms with E-state index in [1.165, 1.54) is 0 Å². The lowest BCUT2D eigenvalue weighted by Crippen LogP contribution is -2.41. The van der Waals surface area contributed by atoms with Crippen LogP contribution in [0.25, 0.3) is 17.1 Å². The van der Waals surface area contributed by atoms with Crippen LogP contribution < -0.4 is 15.5 Å². The Bertz CT molecular complexity index is 1430. The average Bonchev–Trinajstić information content (AvgIpc) is 2.98. The molecule has 3 heterocycles. The Balaban J connectivity index is 1.56. The van der Waals surface area contributed by atoms with Crippen LogP contribution in [0.1, 0.15) is 11.7 Å². The maximum absolute atomic E-state index is 14.5. The molecule has 4 aromatic rings. The number of benzene rings is 3. The van der Waals surface area contributed by atoms with E-state index in [0.29, 0.717) is 50.1 Å². The summed E-state index contributed by atoms with van der Waals surface area (Å²) in [5.41, 5.74) is 2.93. The van der Waals surface area contributed by atoms with E-state index in [9.17, 15) is 4.79 Å². The number of nitrogens with zero attached hydrogens (tertiary/aromatic N) is 4. The van der Waals surface area contributed by atoms with Gasteiger partial charge in [-0.05, 0) is 24.3 Å². The van der Waals surface area contributed by atoms with Gasteiger partial charge in [-0.1, -0.05) is 78.9 Å². The molecule has 1 saturated heterocycles. The standard InChI is InChI=1S/C30H28N4O3/c35-30-27(26-17-10-18-33(37-26)24-13-6-2-7-14-24)29(32-19-21-36-22-20-32)31-28(23-11-4-1-5-12-23)34(30)25-15-8-3-9-16-25/h1-17,26H,18-22H2. The molecule has 1 aromatic heterocycles. The predicted octanol–water partition coefficient (Wildman–Crippen LogP) is 4.79. The summed E-state index contributed by atoms with van der Waals surface area (Å²) in [5.74, 6) is 1.24. The first kappa shape index (κ1) is 23.2. The summed E-state index contributed by atoms with van der Waals surface area (Å²) in [6.07, 6.45) is 3.41. The Kier molecular flexibility index (Phi) is 6.54. The molecule has 0 saturated carbocycles. The second-order valence-corrected chi connectivity index (χ2v) is 8.97. The van der Waals surface area contributed by atoms with Gasteiger partial charge in [0.2, 0.25) is 0 Å². The molecule has 1 fully saturated rings. The lowest BCUT2D eigenvalue weighted by atomic mass is 10.1. The smallest absolute Gasteiger partial charge is 0.266 e. The number of hydrogen-bond donors (Lipinski definition) is 0.